The van der Waals surface area contributed by atoms with Crippen molar-refractivity contribution in [1.29, 1.82) is 0 Å². The second-order valence-corrected chi connectivity index (χ2v) is 7.03. The van der Waals surface area contributed by atoms with E-state index in [0.29, 0.717) is 0 Å². The molecule has 0 unspecified atom stereocenters. The molecular weight excluding hydrogens is 292 g/mol. The lowest BCUT2D eigenvalue weighted by Gasteiger charge is -2.29. The summed E-state index contributed by atoms with van der Waals surface area (Å²) >= 11 is 0. The number of nitro groups is 1. The summed E-state index contributed by atoms with van der Waals surface area (Å²) in [5, 5.41) is 15.3. The molecule has 0 amide bonds. The van der Waals surface area contributed by atoms with Crippen LogP contribution in [0.15, 0.2) is 24.3 Å². The summed E-state index contributed by atoms with van der Waals surface area (Å²) < 4.78 is 0. The van der Waals surface area contributed by atoms with Gasteiger partial charge in [0.1, 0.15) is 0 Å². The number of non-ortho nitro benzene ring substituents is 1. The molecule has 0 fully saturated rings. The topological polar surface area (TPSA) is 71.3 Å². The average molecular weight is 316 g/mol. The first kappa shape index (κ1) is 17.1. The first-order valence-electron chi connectivity index (χ1n) is 7.62. The molecular formula is C17H24N4O2. The summed E-state index contributed by atoms with van der Waals surface area (Å²) in [4.78, 5) is 17.3. The minimum atomic E-state index is -0.376. The second-order valence-electron chi connectivity index (χ2n) is 7.03. The minimum Gasteiger partial charge on any atom is -0.384 e. The van der Waals surface area contributed by atoms with Gasteiger partial charge in [-0.25, -0.2) is 0 Å². The molecule has 1 aromatic carbocycles. The number of fused-ring (bicyclic) bond motifs is 1. The zero-order valence-electron chi connectivity index (χ0n) is 14.4. The molecule has 1 heterocycles. The highest BCUT2D eigenvalue weighted by molar-refractivity contribution is 5.93. The Morgan fingerprint density at radius 2 is 2.00 bits per heavy atom. The monoisotopic (exact) mass is 316 g/mol. The first-order valence-corrected chi connectivity index (χ1v) is 7.62. The van der Waals surface area contributed by atoms with Crippen LogP contribution in [0.25, 0.3) is 10.9 Å². The van der Waals surface area contributed by atoms with Gasteiger partial charge in [0.05, 0.1) is 10.4 Å². The summed E-state index contributed by atoms with van der Waals surface area (Å²) in [7, 11) is 4.11. The summed E-state index contributed by atoms with van der Waals surface area (Å²) in [6, 6.07) is 6.73. The summed E-state index contributed by atoms with van der Waals surface area (Å²) in [5.41, 5.74) is 2.71. The standard InChI is InChI=1S/C17H24N4O2/c1-12-8-16(18-10-17(2,3)11-20(4)5)14-9-13(21(22)23)6-7-15(14)19-12/h6-9H,10-11H2,1-5H3,(H,18,19). The Balaban J connectivity index is 2.35. The van der Waals surface area contributed by atoms with Crippen LogP contribution >= 0.6 is 0 Å². The molecule has 0 bridgehead atoms. The van der Waals surface area contributed by atoms with Crippen molar-refractivity contribution in [3.05, 3.63) is 40.1 Å². The van der Waals surface area contributed by atoms with E-state index < -0.39 is 0 Å². The Morgan fingerprint density at radius 3 is 2.61 bits per heavy atom. The number of nitro benzene ring substituents is 1. The summed E-state index contributed by atoms with van der Waals surface area (Å²) in [6.45, 7) is 8.03. The van der Waals surface area contributed by atoms with Gasteiger partial charge in [0.25, 0.3) is 5.69 Å². The molecule has 0 spiro atoms. The largest absolute Gasteiger partial charge is 0.384 e. The molecule has 0 aliphatic heterocycles. The molecule has 6 heteroatoms. The third-order valence-corrected chi connectivity index (χ3v) is 3.63. The van der Waals surface area contributed by atoms with Gasteiger partial charge in [-0.1, -0.05) is 13.8 Å². The van der Waals surface area contributed by atoms with Crippen LogP contribution in [0.4, 0.5) is 11.4 Å². The van der Waals surface area contributed by atoms with E-state index in [4.69, 9.17) is 0 Å². The highest BCUT2D eigenvalue weighted by atomic mass is 16.6. The van der Waals surface area contributed by atoms with Crippen LogP contribution in [0.1, 0.15) is 19.5 Å². The minimum absolute atomic E-state index is 0.0771. The molecule has 0 radical (unpaired) electrons. The van der Waals surface area contributed by atoms with Crippen molar-refractivity contribution in [3.63, 3.8) is 0 Å². The van der Waals surface area contributed by atoms with Gasteiger partial charge in [-0.2, -0.15) is 0 Å². The van der Waals surface area contributed by atoms with Gasteiger partial charge in [-0.05, 0) is 38.6 Å². The number of hydrogen-bond donors (Lipinski definition) is 1. The van der Waals surface area contributed by atoms with Gasteiger partial charge in [-0.15, -0.1) is 0 Å². The molecule has 2 rings (SSSR count). The summed E-state index contributed by atoms with van der Waals surface area (Å²) in [5.74, 6) is 0. The van der Waals surface area contributed by atoms with E-state index in [0.717, 1.165) is 35.4 Å². The molecule has 23 heavy (non-hydrogen) atoms. The van der Waals surface area contributed by atoms with Crippen LogP contribution in [0.2, 0.25) is 0 Å². The van der Waals surface area contributed by atoms with E-state index in [9.17, 15) is 10.1 Å². The van der Waals surface area contributed by atoms with Gasteiger partial charge in [0.15, 0.2) is 0 Å². The van der Waals surface area contributed by atoms with Crippen molar-refractivity contribution in [2.45, 2.75) is 20.8 Å². The predicted molar refractivity (Wildman–Crippen MR) is 94.0 cm³/mol. The molecule has 2 aromatic rings. The lowest BCUT2D eigenvalue weighted by molar-refractivity contribution is -0.384. The molecule has 0 atom stereocenters. The van der Waals surface area contributed by atoms with Crippen LogP contribution < -0.4 is 5.32 Å². The molecule has 124 valence electrons. The highest BCUT2D eigenvalue weighted by Gasteiger charge is 2.19. The lowest BCUT2D eigenvalue weighted by atomic mass is 9.92. The van der Waals surface area contributed by atoms with Gasteiger partial charge >= 0.3 is 0 Å². The number of aromatic nitrogens is 1. The molecule has 0 saturated carbocycles. The van der Waals surface area contributed by atoms with Crippen LogP contribution in [0, 0.1) is 22.5 Å². The van der Waals surface area contributed by atoms with Crippen LogP contribution in [-0.4, -0.2) is 42.0 Å². The molecule has 0 saturated heterocycles. The number of nitrogens with zero attached hydrogens (tertiary/aromatic N) is 3. The normalized spacial score (nSPS) is 11.9. The van der Waals surface area contributed by atoms with Crippen molar-refractivity contribution in [2.75, 3.05) is 32.5 Å². The molecule has 0 aliphatic carbocycles. The fourth-order valence-electron chi connectivity index (χ4n) is 2.85. The Labute approximate surface area is 136 Å². The van der Waals surface area contributed by atoms with Gasteiger partial charge < -0.3 is 10.2 Å². The first-order chi connectivity index (χ1) is 10.7. The quantitative estimate of drug-likeness (QED) is 0.653. The van der Waals surface area contributed by atoms with E-state index >= 15 is 0 Å². The van der Waals surface area contributed by atoms with Crippen molar-refractivity contribution in [1.82, 2.24) is 9.88 Å². The molecule has 1 N–H and O–H groups in total. The van der Waals surface area contributed by atoms with E-state index in [1.807, 2.05) is 13.0 Å². The Kier molecular flexibility index (Phi) is 4.85. The predicted octanol–water partition coefficient (Wildman–Crippen LogP) is 3.45. The molecule has 1 aromatic heterocycles. The Morgan fingerprint density at radius 1 is 1.30 bits per heavy atom. The molecule has 0 aliphatic rings. The van der Waals surface area contributed by atoms with Crippen molar-refractivity contribution >= 4 is 22.3 Å². The number of pyridine rings is 1. The fraction of sp³-hybridized carbons (Fsp3) is 0.471. The van der Waals surface area contributed by atoms with E-state index in [1.54, 1.807) is 12.1 Å². The van der Waals surface area contributed by atoms with Crippen LogP contribution in [0.3, 0.4) is 0 Å². The zero-order valence-corrected chi connectivity index (χ0v) is 14.4. The van der Waals surface area contributed by atoms with Crippen LogP contribution in [-0.2, 0) is 0 Å². The van der Waals surface area contributed by atoms with Crippen molar-refractivity contribution < 1.29 is 4.92 Å². The molecule has 6 nitrogen and oxygen atoms in total. The maximum atomic E-state index is 11.0. The number of anilines is 1. The van der Waals surface area contributed by atoms with E-state index in [1.165, 1.54) is 6.07 Å². The zero-order chi connectivity index (χ0) is 17.2. The van der Waals surface area contributed by atoms with Crippen molar-refractivity contribution in [2.24, 2.45) is 5.41 Å². The van der Waals surface area contributed by atoms with Gasteiger partial charge in [-0.3, -0.25) is 15.1 Å². The van der Waals surface area contributed by atoms with Gasteiger partial charge in [0, 0.05) is 42.0 Å². The fourth-order valence-corrected chi connectivity index (χ4v) is 2.85. The number of rotatable bonds is 6. The number of nitrogens with one attached hydrogen (secondary N) is 1. The van der Waals surface area contributed by atoms with E-state index in [2.05, 4.69) is 43.1 Å². The van der Waals surface area contributed by atoms with Crippen molar-refractivity contribution in [3.8, 4) is 0 Å². The van der Waals surface area contributed by atoms with Crippen LogP contribution in [0.5, 0.6) is 0 Å². The third-order valence-electron chi connectivity index (χ3n) is 3.63. The number of hydrogen-bond acceptors (Lipinski definition) is 5. The Bertz CT molecular complexity index is 726. The number of aryl methyl sites for hydroxylation is 1. The second kappa shape index (κ2) is 6.50. The van der Waals surface area contributed by atoms with E-state index in [-0.39, 0.29) is 16.0 Å². The Hall–Kier alpha value is -2.21. The summed E-state index contributed by atoms with van der Waals surface area (Å²) in [6.07, 6.45) is 0. The van der Waals surface area contributed by atoms with Gasteiger partial charge in [0.2, 0.25) is 0 Å². The average Bonchev–Trinajstić information content (AvgIpc) is 2.42. The third kappa shape index (κ3) is 4.39. The smallest absolute Gasteiger partial charge is 0.270 e. The highest BCUT2D eigenvalue weighted by Crippen LogP contribution is 2.28. The lowest BCUT2D eigenvalue weighted by Crippen LogP contribution is -2.34. The maximum absolute atomic E-state index is 11.0. The maximum Gasteiger partial charge on any atom is 0.270 e. The SMILES string of the molecule is Cc1cc(NCC(C)(C)CN(C)C)c2cc([N+](=O)[O-])ccc2n1. The number of benzene rings is 1.